The van der Waals surface area contributed by atoms with Crippen LogP contribution in [0.15, 0.2) is 42.5 Å². The van der Waals surface area contributed by atoms with Crippen LogP contribution in [0, 0.1) is 10.1 Å². The molecular formula is C21H22F3N3O5. The van der Waals surface area contributed by atoms with Crippen molar-refractivity contribution in [2.45, 2.75) is 12.2 Å². The van der Waals surface area contributed by atoms with Gasteiger partial charge in [-0.2, -0.15) is 13.2 Å². The average Bonchev–Trinajstić information content (AvgIpc) is 2.79. The molecule has 0 bridgehead atoms. The van der Waals surface area contributed by atoms with Crippen molar-refractivity contribution in [3.63, 3.8) is 0 Å². The van der Waals surface area contributed by atoms with E-state index in [0.717, 1.165) is 12.1 Å². The number of nitrogens with one attached hydrogen (secondary N) is 1. The standard InChI is InChI=1S/C21H22F3N3O5/c1-31-16-6-7-18(27(29)30)17(12-16)20(28)25-13-19(26-8-10-32-11-9-26)14-2-4-15(5-3-14)21(22,23)24/h2-7,12,19H,8-11,13H2,1H3,(H,25,28). The number of carbonyl (C=O) groups is 1. The molecule has 0 aromatic heterocycles. The zero-order valence-corrected chi connectivity index (χ0v) is 17.2. The van der Waals surface area contributed by atoms with Crippen molar-refractivity contribution in [3.05, 3.63) is 69.3 Å². The second-order valence-electron chi connectivity index (χ2n) is 7.13. The molecule has 1 aliphatic rings. The highest BCUT2D eigenvalue weighted by Gasteiger charge is 2.31. The summed E-state index contributed by atoms with van der Waals surface area (Å²) in [6, 6.07) is 8.16. The van der Waals surface area contributed by atoms with Crippen LogP contribution in [0.1, 0.15) is 27.5 Å². The van der Waals surface area contributed by atoms with E-state index in [4.69, 9.17) is 9.47 Å². The van der Waals surface area contributed by atoms with Gasteiger partial charge in [-0.15, -0.1) is 0 Å². The summed E-state index contributed by atoms with van der Waals surface area (Å²) in [6.07, 6.45) is -4.45. The number of nitro groups is 1. The second kappa shape index (κ2) is 9.96. The van der Waals surface area contributed by atoms with E-state index in [-0.39, 0.29) is 23.5 Å². The molecule has 1 atom stereocenters. The lowest BCUT2D eigenvalue weighted by atomic mass is 10.0. The Morgan fingerprint density at radius 2 is 1.88 bits per heavy atom. The minimum absolute atomic E-state index is 0.0402. The first-order valence-corrected chi connectivity index (χ1v) is 9.80. The van der Waals surface area contributed by atoms with Gasteiger partial charge < -0.3 is 14.8 Å². The van der Waals surface area contributed by atoms with E-state index < -0.39 is 28.6 Å². The van der Waals surface area contributed by atoms with E-state index in [0.29, 0.717) is 31.9 Å². The van der Waals surface area contributed by atoms with Gasteiger partial charge in [0.1, 0.15) is 11.3 Å². The molecule has 1 N–H and O–H groups in total. The summed E-state index contributed by atoms with van der Waals surface area (Å²) in [4.78, 5) is 25.4. The third-order valence-corrected chi connectivity index (χ3v) is 5.21. The van der Waals surface area contributed by atoms with Gasteiger partial charge in [0.05, 0.1) is 36.9 Å². The summed E-state index contributed by atoms with van der Waals surface area (Å²) in [7, 11) is 1.38. The molecule has 0 spiro atoms. The summed E-state index contributed by atoms with van der Waals surface area (Å²) < 4.78 is 49.2. The number of hydrogen-bond donors (Lipinski definition) is 1. The number of amides is 1. The zero-order chi connectivity index (χ0) is 23.3. The number of hydrogen-bond acceptors (Lipinski definition) is 6. The molecule has 1 unspecified atom stereocenters. The minimum Gasteiger partial charge on any atom is -0.497 e. The third-order valence-electron chi connectivity index (χ3n) is 5.21. The van der Waals surface area contributed by atoms with Crippen LogP contribution in [0.5, 0.6) is 5.75 Å². The Morgan fingerprint density at radius 3 is 2.44 bits per heavy atom. The van der Waals surface area contributed by atoms with E-state index in [2.05, 4.69) is 5.32 Å². The van der Waals surface area contributed by atoms with E-state index in [9.17, 15) is 28.1 Å². The average molecular weight is 453 g/mol. The number of benzene rings is 2. The Kier molecular flexibility index (Phi) is 7.31. The van der Waals surface area contributed by atoms with Gasteiger partial charge in [-0.3, -0.25) is 19.8 Å². The smallest absolute Gasteiger partial charge is 0.416 e. The maximum Gasteiger partial charge on any atom is 0.416 e. The van der Waals surface area contributed by atoms with Crippen molar-refractivity contribution in [1.82, 2.24) is 10.2 Å². The molecule has 1 saturated heterocycles. The molecule has 3 rings (SSSR count). The highest BCUT2D eigenvalue weighted by atomic mass is 19.4. The molecule has 0 radical (unpaired) electrons. The van der Waals surface area contributed by atoms with Gasteiger partial charge >= 0.3 is 6.18 Å². The summed E-state index contributed by atoms with van der Waals surface area (Å²) in [6.45, 7) is 2.00. The molecule has 1 amide bonds. The number of nitrogens with zero attached hydrogens (tertiary/aromatic N) is 2. The molecule has 1 heterocycles. The van der Waals surface area contributed by atoms with E-state index in [1.807, 2.05) is 4.90 Å². The number of methoxy groups -OCH3 is 1. The molecule has 1 aliphatic heterocycles. The lowest BCUT2D eigenvalue weighted by Gasteiger charge is -2.35. The SMILES string of the molecule is COc1ccc([N+](=O)[O-])c(C(=O)NCC(c2ccc(C(F)(F)F)cc2)N2CCOCC2)c1. The van der Waals surface area contributed by atoms with Crippen LogP contribution in [0.3, 0.4) is 0 Å². The highest BCUT2D eigenvalue weighted by Crippen LogP contribution is 2.31. The van der Waals surface area contributed by atoms with Gasteiger partial charge in [-0.25, -0.2) is 0 Å². The maximum absolute atomic E-state index is 12.9. The van der Waals surface area contributed by atoms with Gasteiger partial charge in [0.15, 0.2) is 0 Å². The Bertz CT molecular complexity index is 960. The Balaban J connectivity index is 1.83. The van der Waals surface area contributed by atoms with Gasteiger partial charge in [0.25, 0.3) is 11.6 Å². The van der Waals surface area contributed by atoms with E-state index >= 15 is 0 Å². The van der Waals surface area contributed by atoms with Crippen molar-refractivity contribution in [3.8, 4) is 5.75 Å². The predicted molar refractivity (Wildman–Crippen MR) is 109 cm³/mol. The molecule has 0 aliphatic carbocycles. The number of nitro benzene ring substituents is 1. The third kappa shape index (κ3) is 5.54. The van der Waals surface area contributed by atoms with Crippen molar-refractivity contribution in [1.29, 1.82) is 0 Å². The molecular weight excluding hydrogens is 431 g/mol. The van der Waals surface area contributed by atoms with Crippen LogP contribution >= 0.6 is 0 Å². The quantitative estimate of drug-likeness (QED) is 0.510. The molecule has 2 aromatic rings. The monoisotopic (exact) mass is 453 g/mol. The lowest BCUT2D eigenvalue weighted by Crippen LogP contribution is -2.43. The predicted octanol–water partition coefficient (Wildman–Crippen LogP) is 3.43. The van der Waals surface area contributed by atoms with Crippen LogP contribution in [0.25, 0.3) is 0 Å². The Morgan fingerprint density at radius 1 is 1.22 bits per heavy atom. The number of carbonyl (C=O) groups excluding carboxylic acids is 1. The van der Waals surface area contributed by atoms with Gasteiger partial charge in [0.2, 0.25) is 0 Å². The summed E-state index contributed by atoms with van der Waals surface area (Å²) in [5.41, 5.74) is -0.721. The zero-order valence-electron chi connectivity index (χ0n) is 17.2. The number of halogens is 3. The Labute approximate surface area is 182 Å². The molecule has 8 nitrogen and oxygen atoms in total. The van der Waals surface area contributed by atoms with Crippen molar-refractivity contribution < 1.29 is 32.4 Å². The van der Waals surface area contributed by atoms with E-state index in [1.54, 1.807) is 0 Å². The molecule has 2 aromatic carbocycles. The first-order valence-electron chi connectivity index (χ1n) is 9.80. The van der Waals surface area contributed by atoms with Gasteiger partial charge in [-0.05, 0) is 29.8 Å². The second-order valence-corrected chi connectivity index (χ2v) is 7.13. The molecule has 172 valence electrons. The molecule has 1 fully saturated rings. The summed E-state index contributed by atoms with van der Waals surface area (Å²) >= 11 is 0. The molecule has 0 saturated carbocycles. The van der Waals surface area contributed by atoms with Crippen molar-refractivity contribution >= 4 is 11.6 Å². The highest BCUT2D eigenvalue weighted by molar-refractivity contribution is 5.98. The van der Waals surface area contributed by atoms with Gasteiger partial charge in [-0.1, -0.05) is 12.1 Å². The largest absolute Gasteiger partial charge is 0.497 e. The van der Waals surface area contributed by atoms with Crippen LogP contribution < -0.4 is 10.1 Å². The van der Waals surface area contributed by atoms with Crippen LogP contribution in [-0.2, 0) is 10.9 Å². The fourth-order valence-corrected chi connectivity index (χ4v) is 3.51. The first-order chi connectivity index (χ1) is 15.2. The Hall–Kier alpha value is -3.18. The van der Waals surface area contributed by atoms with Crippen LogP contribution in [0.4, 0.5) is 18.9 Å². The summed E-state index contributed by atoms with van der Waals surface area (Å²) in [5.74, 6) is -0.394. The number of ether oxygens (including phenoxy) is 2. The fraction of sp³-hybridized carbons (Fsp3) is 0.381. The van der Waals surface area contributed by atoms with Crippen LogP contribution in [-0.4, -0.2) is 55.7 Å². The lowest BCUT2D eigenvalue weighted by molar-refractivity contribution is -0.385. The van der Waals surface area contributed by atoms with Gasteiger partial charge in [0, 0.05) is 25.7 Å². The number of rotatable bonds is 7. The first kappa shape index (κ1) is 23.5. The normalized spacial score (nSPS) is 15.8. The summed E-state index contributed by atoms with van der Waals surface area (Å²) in [5, 5.41) is 14.0. The van der Waals surface area contributed by atoms with Crippen LogP contribution in [0.2, 0.25) is 0 Å². The molecule has 32 heavy (non-hydrogen) atoms. The number of alkyl halides is 3. The van der Waals surface area contributed by atoms with E-state index in [1.165, 1.54) is 37.4 Å². The fourth-order valence-electron chi connectivity index (χ4n) is 3.51. The van der Waals surface area contributed by atoms with Crippen molar-refractivity contribution in [2.75, 3.05) is 40.0 Å². The van der Waals surface area contributed by atoms with Crippen molar-refractivity contribution in [2.24, 2.45) is 0 Å². The minimum atomic E-state index is -4.45. The maximum atomic E-state index is 12.9. The topological polar surface area (TPSA) is 93.9 Å². The number of morpholine rings is 1. The molecule has 11 heteroatoms.